The van der Waals surface area contributed by atoms with Gasteiger partial charge in [0.1, 0.15) is 5.54 Å². The Hall–Kier alpha value is -3.94. The van der Waals surface area contributed by atoms with Crippen molar-refractivity contribution in [2.45, 2.75) is 12.5 Å². The molecule has 0 fully saturated rings. The number of hydrogen-bond acceptors (Lipinski definition) is 4. The number of benzene rings is 2. The average molecular weight is 471 g/mol. The summed E-state index contributed by atoms with van der Waals surface area (Å²) in [5.74, 6) is -0.310. The number of anilines is 1. The first-order valence-corrected chi connectivity index (χ1v) is 11.1. The molecular formula is C26H23ClN6O. The number of fused-ring (bicyclic) bond motifs is 1. The van der Waals surface area contributed by atoms with E-state index < -0.39 is 5.54 Å². The van der Waals surface area contributed by atoms with Crippen molar-refractivity contribution in [1.82, 2.24) is 19.2 Å². The van der Waals surface area contributed by atoms with Gasteiger partial charge in [0.2, 0.25) is 5.91 Å². The normalized spacial score (nSPS) is 13.1. The van der Waals surface area contributed by atoms with Gasteiger partial charge in [-0.05, 0) is 42.8 Å². The third-order valence-corrected chi connectivity index (χ3v) is 6.14. The summed E-state index contributed by atoms with van der Waals surface area (Å²) in [4.78, 5) is 17.5. The molecule has 7 nitrogen and oxygen atoms in total. The number of aryl methyl sites for hydroxylation is 1. The lowest BCUT2D eigenvalue weighted by atomic mass is 9.92. The van der Waals surface area contributed by atoms with Gasteiger partial charge in [0.05, 0.1) is 17.4 Å². The Bertz CT molecular complexity index is 1480. The lowest BCUT2D eigenvalue weighted by Crippen LogP contribution is -2.45. The van der Waals surface area contributed by atoms with Crippen molar-refractivity contribution < 1.29 is 4.79 Å². The zero-order valence-corrected chi connectivity index (χ0v) is 19.5. The van der Waals surface area contributed by atoms with E-state index in [2.05, 4.69) is 27.7 Å². The van der Waals surface area contributed by atoms with Crippen molar-refractivity contribution in [1.29, 1.82) is 0 Å². The monoisotopic (exact) mass is 470 g/mol. The van der Waals surface area contributed by atoms with Crippen molar-refractivity contribution in [3.05, 3.63) is 96.2 Å². The van der Waals surface area contributed by atoms with Gasteiger partial charge in [-0.25, -0.2) is 0 Å². The number of nitrogens with zero attached hydrogens (tertiary/aromatic N) is 4. The van der Waals surface area contributed by atoms with E-state index in [9.17, 15) is 4.79 Å². The van der Waals surface area contributed by atoms with Gasteiger partial charge in [-0.1, -0.05) is 35.9 Å². The quantitative estimate of drug-likeness (QED) is 0.383. The zero-order chi connectivity index (χ0) is 23.9. The minimum atomic E-state index is -1.20. The van der Waals surface area contributed by atoms with E-state index in [0.29, 0.717) is 16.3 Å². The van der Waals surface area contributed by atoms with Crippen LogP contribution in [0.15, 0.2) is 85.6 Å². The fourth-order valence-electron chi connectivity index (χ4n) is 3.89. The lowest BCUT2D eigenvalue weighted by Gasteiger charge is -2.24. The fraction of sp³-hybridized carbons (Fsp3) is 0.115. The molecule has 0 radical (unpaired) electrons. The predicted molar refractivity (Wildman–Crippen MR) is 134 cm³/mol. The summed E-state index contributed by atoms with van der Waals surface area (Å²) >= 11 is 5.95. The van der Waals surface area contributed by atoms with Crippen LogP contribution in [0.25, 0.3) is 27.9 Å². The van der Waals surface area contributed by atoms with Crippen molar-refractivity contribution in [2.24, 2.45) is 12.8 Å². The van der Waals surface area contributed by atoms with Crippen LogP contribution in [-0.2, 0) is 17.4 Å². The largest absolute Gasteiger partial charge is 0.324 e. The molecule has 0 saturated heterocycles. The summed E-state index contributed by atoms with van der Waals surface area (Å²) in [6, 6.07) is 16.6. The first kappa shape index (κ1) is 21.9. The molecule has 3 N–H and O–H groups in total. The van der Waals surface area contributed by atoms with E-state index in [4.69, 9.17) is 17.3 Å². The van der Waals surface area contributed by atoms with Crippen LogP contribution in [0, 0.1) is 0 Å². The molecule has 2 aromatic carbocycles. The first-order valence-electron chi connectivity index (χ1n) is 10.7. The number of aromatic nitrogens is 4. The highest BCUT2D eigenvalue weighted by atomic mass is 35.5. The van der Waals surface area contributed by atoms with E-state index in [1.807, 2.05) is 54.3 Å². The molecule has 3 aromatic heterocycles. The van der Waals surface area contributed by atoms with Crippen LogP contribution in [0.2, 0.25) is 5.02 Å². The fourth-order valence-corrected chi connectivity index (χ4v) is 4.01. The summed E-state index contributed by atoms with van der Waals surface area (Å²) in [7, 11) is 1.90. The van der Waals surface area contributed by atoms with E-state index in [1.165, 1.54) is 0 Å². The second kappa shape index (κ2) is 8.44. The zero-order valence-electron chi connectivity index (χ0n) is 18.7. The van der Waals surface area contributed by atoms with Crippen LogP contribution in [0.4, 0.5) is 5.69 Å². The van der Waals surface area contributed by atoms with E-state index >= 15 is 0 Å². The third kappa shape index (κ3) is 4.07. The van der Waals surface area contributed by atoms with Crippen LogP contribution in [-0.4, -0.2) is 25.1 Å². The van der Waals surface area contributed by atoms with Crippen LogP contribution in [0.1, 0.15) is 12.5 Å². The molecule has 0 aliphatic carbocycles. The maximum Gasteiger partial charge on any atom is 0.248 e. The van der Waals surface area contributed by atoms with Crippen molar-refractivity contribution >= 4 is 28.7 Å². The molecule has 0 saturated carbocycles. The van der Waals surface area contributed by atoms with Gasteiger partial charge in [0, 0.05) is 59.2 Å². The summed E-state index contributed by atoms with van der Waals surface area (Å²) in [5, 5.41) is 7.76. The van der Waals surface area contributed by atoms with Crippen molar-refractivity contribution in [2.75, 3.05) is 5.32 Å². The lowest BCUT2D eigenvalue weighted by molar-refractivity contribution is -0.120. The molecule has 0 bridgehead atoms. The highest BCUT2D eigenvalue weighted by Gasteiger charge is 2.30. The number of nitrogens with one attached hydrogen (secondary N) is 1. The van der Waals surface area contributed by atoms with Gasteiger partial charge < -0.3 is 15.5 Å². The SMILES string of the molecule is Cn1cc(-c2cc3c(-c4ccc(NC(=O)C(C)(N)c5ccc(Cl)cc5)cc4)nccn3c2)cn1. The van der Waals surface area contributed by atoms with Gasteiger partial charge in [-0.15, -0.1) is 0 Å². The van der Waals surface area contributed by atoms with Gasteiger partial charge in [-0.3, -0.25) is 14.5 Å². The number of carbonyl (C=O) groups excluding carboxylic acids is 1. The third-order valence-electron chi connectivity index (χ3n) is 5.89. The molecule has 0 aliphatic heterocycles. The smallest absolute Gasteiger partial charge is 0.248 e. The van der Waals surface area contributed by atoms with Gasteiger partial charge in [-0.2, -0.15) is 5.10 Å². The number of hydrogen-bond donors (Lipinski definition) is 2. The molecule has 3 heterocycles. The van der Waals surface area contributed by atoms with Gasteiger partial charge in [0.15, 0.2) is 0 Å². The Labute approximate surface area is 201 Å². The summed E-state index contributed by atoms with van der Waals surface area (Å²) in [5.41, 5.74) is 11.3. The first-order chi connectivity index (χ1) is 16.3. The Kier molecular flexibility index (Phi) is 5.43. The molecular weight excluding hydrogens is 448 g/mol. The maximum absolute atomic E-state index is 12.9. The highest BCUT2D eigenvalue weighted by molar-refractivity contribution is 6.30. The maximum atomic E-state index is 12.9. The Morgan fingerprint density at radius 2 is 1.76 bits per heavy atom. The standard InChI is InChI=1S/C26H23ClN6O/c1-26(28,20-5-7-21(27)8-6-20)25(34)31-22-9-3-17(4-10-22)24-23-13-18(16-33(23)12-11-29-24)19-14-30-32(2)15-19/h3-16H,28H2,1-2H3,(H,31,34). The number of carbonyl (C=O) groups is 1. The van der Waals surface area contributed by atoms with Gasteiger partial charge in [0.25, 0.3) is 0 Å². The predicted octanol–water partition coefficient (Wildman–Crippen LogP) is 4.87. The number of amides is 1. The van der Waals surface area contributed by atoms with Crippen molar-refractivity contribution in [3.8, 4) is 22.4 Å². The number of nitrogens with two attached hydrogens (primary N) is 1. The Balaban J connectivity index is 1.39. The van der Waals surface area contributed by atoms with E-state index in [0.717, 1.165) is 27.9 Å². The summed E-state index contributed by atoms with van der Waals surface area (Å²) in [6.07, 6.45) is 9.58. The summed E-state index contributed by atoms with van der Waals surface area (Å²) < 4.78 is 3.83. The topological polar surface area (TPSA) is 90.2 Å². The van der Waals surface area contributed by atoms with E-state index in [-0.39, 0.29) is 5.91 Å². The van der Waals surface area contributed by atoms with E-state index in [1.54, 1.807) is 42.1 Å². The molecule has 1 unspecified atom stereocenters. The summed E-state index contributed by atoms with van der Waals surface area (Å²) in [6.45, 7) is 1.68. The van der Waals surface area contributed by atoms with Crippen LogP contribution < -0.4 is 11.1 Å². The van der Waals surface area contributed by atoms with Crippen LogP contribution in [0.3, 0.4) is 0 Å². The molecule has 5 aromatic rings. The second-order valence-corrected chi connectivity index (χ2v) is 8.88. The minimum Gasteiger partial charge on any atom is -0.324 e. The minimum absolute atomic E-state index is 0.310. The molecule has 0 aliphatic rings. The molecule has 5 rings (SSSR count). The molecule has 8 heteroatoms. The van der Waals surface area contributed by atoms with Gasteiger partial charge >= 0.3 is 0 Å². The molecule has 170 valence electrons. The number of halogens is 1. The Morgan fingerprint density at radius 1 is 1.03 bits per heavy atom. The second-order valence-electron chi connectivity index (χ2n) is 8.44. The molecule has 1 amide bonds. The highest BCUT2D eigenvalue weighted by Crippen LogP contribution is 2.29. The molecule has 34 heavy (non-hydrogen) atoms. The van der Waals surface area contributed by atoms with Crippen molar-refractivity contribution in [3.63, 3.8) is 0 Å². The van der Waals surface area contributed by atoms with Crippen LogP contribution in [0.5, 0.6) is 0 Å². The number of rotatable bonds is 5. The Morgan fingerprint density at radius 3 is 2.44 bits per heavy atom. The van der Waals surface area contributed by atoms with Crippen LogP contribution >= 0.6 is 11.6 Å². The average Bonchev–Trinajstić information content (AvgIpc) is 3.46. The molecule has 1 atom stereocenters. The molecule has 0 spiro atoms.